The molecule has 0 bridgehead atoms. The van der Waals surface area contributed by atoms with E-state index in [2.05, 4.69) is 24.3 Å². The van der Waals surface area contributed by atoms with E-state index in [4.69, 9.17) is 14.2 Å². The van der Waals surface area contributed by atoms with Gasteiger partial charge in [0.1, 0.15) is 5.75 Å². The van der Waals surface area contributed by atoms with Crippen LogP contribution < -0.4 is 4.74 Å². The van der Waals surface area contributed by atoms with Gasteiger partial charge in [-0.15, -0.1) is 0 Å². The molecule has 0 aliphatic heterocycles. The Balaban J connectivity index is 1.45. The maximum absolute atomic E-state index is 13.4. The molecule has 29 heavy (non-hydrogen) atoms. The van der Waals surface area contributed by atoms with Crippen LogP contribution in [0, 0.1) is 5.41 Å². The van der Waals surface area contributed by atoms with Crippen molar-refractivity contribution < 1.29 is 19.0 Å². The van der Waals surface area contributed by atoms with Crippen molar-refractivity contribution in [3.63, 3.8) is 0 Å². The zero-order valence-electron chi connectivity index (χ0n) is 17.4. The fraction of sp³-hybridized carbons (Fsp3) is 0.480. The van der Waals surface area contributed by atoms with Gasteiger partial charge < -0.3 is 14.2 Å². The minimum atomic E-state index is -0.221. The number of ketones is 1. The van der Waals surface area contributed by atoms with E-state index in [9.17, 15) is 4.79 Å². The lowest BCUT2D eigenvalue weighted by molar-refractivity contribution is -0.00469. The molecule has 4 rings (SSSR count). The second-order valence-corrected chi connectivity index (χ2v) is 8.31. The summed E-state index contributed by atoms with van der Waals surface area (Å²) in [5.41, 5.74) is 4.03. The first-order valence-electron chi connectivity index (χ1n) is 10.6. The molecule has 4 nitrogen and oxygen atoms in total. The molecule has 0 N–H and O–H groups in total. The third kappa shape index (κ3) is 4.10. The van der Waals surface area contributed by atoms with Crippen LogP contribution >= 0.6 is 0 Å². The van der Waals surface area contributed by atoms with Gasteiger partial charge in [-0.25, -0.2) is 0 Å². The summed E-state index contributed by atoms with van der Waals surface area (Å²) in [5, 5.41) is 0. The van der Waals surface area contributed by atoms with Crippen LogP contribution in [0.5, 0.6) is 5.75 Å². The molecule has 0 aromatic heterocycles. The van der Waals surface area contributed by atoms with Crippen LogP contribution in [0.2, 0.25) is 0 Å². The van der Waals surface area contributed by atoms with Crippen molar-refractivity contribution in [2.75, 3.05) is 27.4 Å². The van der Waals surface area contributed by atoms with E-state index in [-0.39, 0.29) is 11.5 Å². The summed E-state index contributed by atoms with van der Waals surface area (Å²) in [4.78, 5) is 13.4. The van der Waals surface area contributed by atoms with Crippen LogP contribution in [0.25, 0.3) is 11.1 Å². The number of carbonyl (C=O) groups excluding carboxylic acids is 1. The molecular formula is C25H30O4. The van der Waals surface area contributed by atoms with E-state index < -0.39 is 0 Å². The Hall–Kier alpha value is -2.17. The van der Waals surface area contributed by atoms with Gasteiger partial charge in [0.15, 0.2) is 5.78 Å². The van der Waals surface area contributed by atoms with Crippen molar-refractivity contribution in [3.05, 3.63) is 53.6 Å². The first kappa shape index (κ1) is 20.1. The Labute approximate surface area is 173 Å². The molecule has 2 aromatic carbocycles. The van der Waals surface area contributed by atoms with Gasteiger partial charge in [-0.1, -0.05) is 24.3 Å². The average molecular weight is 395 g/mol. The van der Waals surface area contributed by atoms with E-state index >= 15 is 0 Å². The minimum absolute atomic E-state index is 0.221. The number of Topliss-reactive ketones (excluding diaryl/α,β-unsaturated/α-hetero) is 1. The molecule has 0 amide bonds. The SMILES string of the molecule is COCCCO[C@H]1CC[C@]2(CC1)Cc1ccc(-c3cccc(OC)c3)cc1C2=O. The summed E-state index contributed by atoms with van der Waals surface area (Å²) < 4.78 is 16.4. The smallest absolute Gasteiger partial charge is 0.169 e. The molecule has 2 aliphatic rings. The molecule has 0 saturated heterocycles. The van der Waals surface area contributed by atoms with Gasteiger partial charge in [-0.05, 0) is 73.4 Å². The van der Waals surface area contributed by atoms with E-state index in [1.165, 1.54) is 5.56 Å². The minimum Gasteiger partial charge on any atom is -0.497 e. The standard InChI is InChI=1S/C25H30O4/c1-27-13-4-14-29-21-9-11-25(12-10-21)17-20-8-7-19(16-23(20)24(25)26)18-5-3-6-22(15-18)28-2/h3,5-8,15-16,21H,4,9-14,17H2,1-2H3/t21-,25-. The first-order chi connectivity index (χ1) is 14.1. The van der Waals surface area contributed by atoms with E-state index in [1.54, 1.807) is 14.2 Å². The van der Waals surface area contributed by atoms with Crippen LogP contribution in [0.1, 0.15) is 48.0 Å². The molecule has 0 atom stereocenters. The first-order valence-corrected chi connectivity index (χ1v) is 10.6. The molecule has 4 heteroatoms. The Morgan fingerprint density at radius 1 is 1.00 bits per heavy atom. The zero-order valence-corrected chi connectivity index (χ0v) is 17.4. The predicted molar refractivity (Wildman–Crippen MR) is 114 cm³/mol. The van der Waals surface area contributed by atoms with Crippen LogP contribution in [0.15, 0.2) is 42.5 Å². The highest BCUT2D eigenvalue weighted by Gasteiger charge is 2.47. The van der Waals surface area contributed by atoms with E-state index in [0.717, 1.165) is 74.2 Å². The number of rotatable bonds is 7. The monoisotopic (exact) mass is 394 g/mol. The summed E-state index contributed by atoms with van der Waals surface area (Å²) in [7, 11) is 3.39. The highest BCUT2D eigenvalue weighted by Crippen LogP contribution is 2.48. The summed E-state index contributed by atoms with van der Waals surface area (Å²) in [6.07, 6.45) is 5.85. The fourth-order valence-corrected chi connectivity index (χ4v) is 4.82. The molecule has 0 heterocycles. The van der Waals surface area contributed by atoms with Gasteiger partial charge in [-0.2, -0.15) is 0 Å². The van der Waals surface area contributed by atoms with Gasteiger partial charge in [0.05, 0.1) is 13.2 Å². The van der Waals surface area contributed by atoms with Gasteiger partial charge >= 0.3 is 0 Å². The largest absolute Gasteiger partial charge is 0.497 e. The number of fused-ring (bicyclic) bond motifs is 1. The molecular weight excluding hydrogens is 364 g/mol. The quantitative estimate of drug-likeness (QED) is 0.614. The molecule has 1 spiro atoms. The molecule has 1 saturated carbocycles. The average Bonchev–Trinajstić information content (AvgIpc) is 3.03. The third-order valence-electron chi connectivity index (χ3n) is 6.50. The number of benzene rings is 2. The van der Waals surface area contributed by atoms with Crippen LogP contribution in [0.3, 0.4) is 0 Å². The van der Waals surface area contributed by atoms with Crippen molar-refractivity contribution in [3.8, 4) is 16.9 Å². The number of ether oxygens (including phenoxy) is 3. The van der Waals surface area contributed by atoms with Crippen LogP contribution in [-0.2, 0) is 15.9 Å². The Morgan fingerprint density at radius 3 is 2.55 bits per heavy atom. The lowest BCUT2D eigenvalue weighted by Gasteiger charge is -2.35. The topological polar surface area (TPSA) is 44.8 Å². The van der Waals surface area contributed by atoms with Crippen molar-refractivity contribution in [1.82, 2.24) is 0 Å². The lowest BCUT2D eigenvalue weighted by Crippen LogP contribution is -2.35. The maximum atomic E-state index is 13.4. The number of methoxy groups -OCH3 is 2. The molecule has 0 unspecified atom stereocenters. The number of hydrogen-bond donors (Lipinski definition) is 0. The van der Waals surface area contributed by atoms with Crippen molar-refractivity contribution in [1.29, 1.82) is 0 Å². The van der Waals surface area contributed by atoms with Gasteiger partial charge in [0, 0.05) is 31.3 Å². The zero-order chi connectivity index (χ0) is 20.3. The highest BCUT2D eigenvalue weighted by molar-refractivity contribution is 6.05. The molecule has 154 valence electrons. The maximum Gasteiger partial charge on any atom is 0.169 e. The van der Waals surface area contributed by atoms with E-state index in [0.29, 0.717) is 5.78 Å². The van der Waals surface area contributed by atoms with Crippen molar-refractivity contribution in [2.24, 2.45) is 5.41 Å². The number of hydrogen-bond acceptors (Lipinski definition) is 4. The van der Waals surface area contributed by atoms with Crippen molar-refractivity contribution >= 4 is 5.78 Å². The summed E-state index contributed by atoms with van der Waals surface area (Å²) in [6, 6.07) is 14.4. The summed E-state index contributed by atoms with van der Waals surface area (Å²) in [6.45, 7) is 1.48. The number of carbonyl (C=O) groups is 1. The van der Waals surface area contributed by atoms with Crippen LogP contribution in [-0.4, -0.2) is 39.3 Å². The van der Waals surface area contributed by atoms with Crippen LogP contribution in [0.4, 0.5) is 0 Å². The normalized spacial score (nSPS) is 23.4. The van der Waals surface area contributed by atoms with E-state index in [1.807, 2.05) is 18.2 Å². The fourth-order valence-electron chi connectivity index (χ4n) is 4.82. The second kappa shape index (κ2) is 8.68. The lowest BCUT2D eigenvalue weighted by atomic mass is 9.70. The highest BCUT2D eigenvalue weighted by atomic mass is 16.5. The molecule has 2 aliphatic carbocycles. The summed E-state index contributed by atoms with van der Waals surface area (Å²) in [5.74, 6) is 1.16. The van der Waals surface area contributed by atoms with Gasteiger partial charge in [0.2, 0.25) is 0 Å². The molecule has 1 fully saturated rings. The Bertz CT molecular complexity index is 865. The Kier molecular flexibility index (Phi) is 6.02. The van der Waals surface area contributed by atoms with Gasteiger partial charge in [-0.3, -0.25) is 4.79 Å². The molecule has 2 aromatic rings. The van der Waals surface area contributed by atoms with Crippen molar-refractivity contribution in [2.45, 2.75) is 44.6 Å². The second-order valence-electron chi connectivity index (χ2n) is 8.31. The third-order valence-corrected chi connectivity index (χ3v) is 6.50. The Morgan fingerprint density at radius 2 is 1.79 bits per heavy atom. The molecule has 0 radical (unpaired) electrons. The summed E-state index contributed by atoms with van der Waals surface area (Å²) >= 11 is 0. The predicted octanol–water partition coefficient (Wildman–Crippen LogP) is 5.08. The van der Waals surface area contributed by atoms with Gasteiger partial charge in [0.25, 0.3) is 0 Å².